The van der Waals surface area contributed by atoms with Gasteiger partial charge in [-0.05, 0) is 54.1 Å². The number of amides is 2. The van der Waals surface area contributed by atoms with E-state index in [1.165, 1.54) is 6.92 Å². The third-order valence-electron chi connectivity index (χ3n) is 4.18. The Kier molecular flexibility index (Phi) is 7.37. The number of ether oxygens (including phenoxy) is 2. The van der Waals surface area contributed by atoms with E-state index in [9.17, 15) is 14.4 Å². The summed E-state index contributed by atoms with van der Waals surface area (Å²) in [5.41, 5.74) is 1.73. The Hall–Kier alpha value is -4.13. The van der Waals surface area contributed by atoms with Crippen LogP contribution < -0.4 is 15.4 Å². The highest BCUT2D eigenvalue weighted by atomic mass is 16.5. The number of carbonyl (C=O) groups is 3. The highest BCUT2D eigenvalue weighted by Gasteiger charge is 2.11. The van der Waals surface area contributed by atoms with Gasteiger partial charge in [0, 0.05) is 19.2 Å². The molecule has 0 spiro atoms. The van der Waals surface area contributed by atoms with Gasteiger partial charge in [-0.3, -0.25) is 9.59 Å². The van der Waals surface area contributed by atoms with Gasteiger partial charge in [-0.15, -0.1) is 0 Å². The quantitative estimate of drug-likeness (QED) is 0.541. The van der Waals surface area contributed by atoms with Gasteiger partial charge in [0.2, 0.25) is 5.91 Å². The number of anilines is 1. The Morgan fingerprint density at radius 3 is 2.10 bits per heavy atom. The third kappa shape index (κ3) is 7.01. The molecule has 158 valence electrons. The lowest BCUT2D eigenvalue weighted by atomic mass is 10.1. The van der Waals surface area contributed by atoms with Gasteiger partial charge < -0.3 is 20.1 Å². The number of hydrogen-bond acceptors (Lipinski definition) is 5. The van der Waals surface area contributed by atoms with Crippen molar-refractivity contribution in [3.05, 3.63) is 90.0 Å². The number of rotatable bonds is 8. The Bertz CT molecular complexity index is 1030. The molecule has 0 fully saturated rings. The van der Waals surface area contributed by atoms with Gasteiger partial charge in [0.15, 0.2) is 6.61 Å². The average molecular weight is 418 g/mol. The molecule has 0 saturated heterocycles. The van der Waals surface area contributed by atoms with Crippen molar-refractivity contribution in [2.75, 3.05) is 11.9 Å². The zero-order chi connectivity index (χ0) is 22.1. The van der Waals surface area contributed by atoms with Crippen LogP contribution in [0.25, 0.3) is 0 Å². The molecule has 2 amide bonds. The van der Waals surface area contributed by atoms with Crippen LogP contribution in [0.2, 0.25) is 0 Å². The van der Waals surface area contributed by atoms with E-state index in [0.717, 1.165) is 5.56 Å². The van der Waals surface area contributed by atoms with Crippen LogP contribution in [0.5, 0.6) is 11.5 Å². The molecule has 0 saturated carbocycles. The highest BCUT2D eigenvalue weighted by Crippen LogP contribution is 2.22. The molecule has 7 nitrogen and oxygen atoms in total. The van der Waals surface area contributed by atoms with Crippen LogP contribution in [0.15, 0.2) is 78.9 Å². The molecule has 0 radical (unpaired) electrons. The molecule has 0 bridgehead atoms. The van der Waals surface area contributed by atoms with Gasteiger partial charge in [-0.2, -0.15) is 0 Å². The van der Waals surface area contributed by atoms with Crippen molar-refractivity contribution >= 4 is 23.5 Å². The Labute approximate surface area is 180 Å². The lowest BCUT2D eigenvalue weighted by molar-refractivity contribution is -0.119. The fourth-order valence-electron chi connectivity index (χ4n) is 2.63. The van der Waals surface area contributed by atoms with Crippen LogP contribution in [0, 0.1) is 0 Å². The molecule has 0 unspecified atom stereocenters. The second-order valence-electron chi connectivity index (χ2n) is 6.67. The maximum atomic E-state index is 12.1. The molecule has 0 aliphatic rings. The summed E-state index contributed by atoms with van der Waals surface area (Å²) in [4.78, 5) is 35.1. The van der Waals surface area contributed by atoms with Crippen LogP contribution in [0.1, 0.15) is 22.8 Å². The molecule has 3 aromatic rings. The van der Waals surface area contributed by atoms with Crippen molar-refractivity contribution in [1.82, 2.24) is 5.32 Å². The van der Waals surface area contributed by atoms with Crippen molar-refractivity contribution in [3.63, 3.8) is 0 Å². The van der Waals surface area contributed by atoms with Crippen molar-refractivity contribution in [2.24, 2.45) is 0 Å². The largest absolute Gasteiger partial charge is 0.457 e. The summed E-state index contributed by atoms with van der Waals surface area (Å²) >= 11 is 0. The van der Waals surface area contributed by atoms with Gasteiger partial charge in [0.25, 0.3) is 5.91 Å². The number of nitrogens with one attached hydrogen (secondary N) is 2. The van der Waals surface area contributed by atoms with Gasteiger partial charge >= 0.3 is 5.97 Å². The summed E-state index contributed by atoms with van der Waals surface area (Å²) in [6, 6.07) is 22.8. The topological polar surface area (TPSA) is 93.7 Å². The molecule has 2 N–H and O–H groups in total. The molecule has 0 aliphatic carbocycles. The number of benzene rings is 3. The molecule has 3 rings (SSSR count). The Morgan fingerprint density at radius 2 is 1.45 bits per heavy atom. The summed E-state index contributed by atoms with van der Waals surface area (Å²) in [7, 11) is 0. The number of esters is 1. The van der Waals surface area contributed by atoms with E-state index in [0.29, 0.717) is 29.3 Å². The molecule has 0 atom stereocenters. The predicted octanol–water partition coefficient (Wildman–Crippen LogP) is 3.91. The van der Waals surface area contributed by atoms with Gasteiger partial charge in [-0.1, -0.05) is 30.3 Å². The highest BCUT2D eigenvalue weighted by molar-refractivity contribution is 5.95. The van der Waals surface area contributed by atoms with Gasteiger partial charge in [0.05, 0.1) is 5.56 Å². The predicted molar refractivity (Wildman–Crippen MR) is 116 cm³/mol. The fraction of sp³-hybridized carbons (Fsp3) is 0.125. The molecule has 3 aromatic carbocycles. The van der Waals surface area contributed by atoms with Crippen molar-refractivity contribution in [2.45, 2.75) is 13.5 Å². The standard InChI is InChI=1S/C24H22N2O5/c1-17(27)25-15-18-7-9-19(10-8-18)24(29)30-16-23(28)26-20-11-13-22(14-12-20)31-21-5-3-2-4-6-21/h2-14H,15-16H2,1H3,(H,25,27)(H,26,28). The first-order valence-corrected chi connectivity index (χ1v) is 9.63. The van der Waals surface area contributed by atoms with Crippen LogP contribution >= 0.6 is 0 Å². The van der Waals surface area contributed by atoms with E-state index in [-0.39, 0.29) is 5.91 Å². The van der Waals surface area contributed by atoms with E-state index in [1.54, 1.807) is 48.5 Å². The zero-order valence-corrected chi connectivity index (χ0v) is 17.0. The molecule has 7 heteroatoms. The minimum absolute atomic E-state index is 0.132. The first-order chi connectivity index (χ1) is 15.0. The molecule has 31 heavy (non-hydrogen) atoms. The molecule has 0 aromatic heterocycles. The lowest BCUT2D eigenvalue weighted by Crippen LogP contribution is -2.21. The average Bonchev–Trinajstić information content (AvgIpc) is 2.78. The van der Waals surface area contributed by atoms with Crippen molar-refractivity contribution < 1.29 is 23.9 Å². The van der Waals surface area contributed by atoms with E-state index in [2.05, 4.69) is 10.6 Å². The van der Waals surface area contributed by atoms with Crippen molar-refractivity contribution in [1.29, 1.82) is 0 Å². The maximum absolute atomic E-state index is 12.1. The second-order valence-corrected chi connectivity index (χ2v) is 6.67. The number of carbonyl (C=O) groups excluding carboxylic acids is 3. The fourth-order valence-corrected chi connectivity index (χ4v) is 2.63. The molecular weight excluding hydrogens is 396 g/mol. The summed E-state index contributed by atoms with van der Waals surface area (Å²) < 4.78 is 10.8. The smallest absolute Gasteiger partial charge is 0.338 e. The molecule has 0 heterocycles. The number of para-hydroxylation sites is 1. The minimum atomic E-state index is -0.604. The van der Waals surface area contributed by atoms with Gasteiger partial charge in [0.1, 0.15) is 11.5 Å². The molecular formula is C24H22N2O5. The third-order valence-corrected chi connectivity index (χ3v) is 4.18. The van der Waals surface area contributed by atoms with Crippen LogP contribution in [0.4, 0.5) is 5.69 Å². The summed E-state index contributed by atoms with van der Waals surface area (Å²) in [6.07, 6.45) is 0. The number of hydrogen-bond donors (Lipinski definition) is 2. The molecule has 0 aliphatic heterocycles. The maximum Gasteiger partial charge on any atom is 0.338 e. The van der Waals surface area contributed by atoms with E-state index in [4.69, 9.17) is 9.47 Å². The zero-order valence-electron chi connectivity index (χ0n) is 17.0. The first-order valence-electron chi connectivity index (χ1n) is 9.63. The second kappa shape index (κ2) is 10.6. The van der Waals surface area contributed by atoms with Crippen molar-refractivity contribution in [3.8, 4) is 11.5 Å². The Morgan fingerprint density at radius 1 is 0.806 bits per heavy atom. The SMILES string of the molecule is CC(=O)NCc1ccc(C(=O)OCC(=O)Nc2ccc(Oc3ccccc3)cc2)cc1. The van der Waals surface area contributed by atoms with Crippen LogP contribution in [-0.4, -0.2) is 24.4 Å². The van der Waals surface area contributed by atoms with Gasteiger partial charge in [-0.25, -0.2) is 4.79 Å². The summed E-state index contributed by atoms with van der Waals surface area (Å²) in [6.45, 7) is 1.40. The van der Waals surface area contributed by atoms with Crippen LogP contribution in [0.3, 0.4) is 0 Å². The first kappa shape index (κ1) is 21.6. The van der Waals surface area contributed by atoms with E-state index >= 15 is 0 Å². The normalized spacial score (nSPS) is 10.1. The Balaban J connectivity index is 1.45. The lowest BCUT2D eigenvalue weighted by Gasteiger charge is -2.09. The monoisotopic (exact) mass is 418 g/mol. The van der Waals surface area contributed by atoms with E-state index in [1.807, 2.05) is 30.3 Å². The summed E-state index contributed by atoms with van der Waals surface area (Å²) in [5, 5.41) is 5.34. The minimum Gasteiger partial charge on any atom is -0.457 e. The van der Waals surface area contributed by atoms with E-state index < -0.39 is 18.5 Å². The summed E-state index contributed by atoms with van der Waals surface area (Å²) in [5.74, 6) is 0.167. The van der Waals surface area contributed by atoms with Crippen LogP contribution in [-0.2, 0) is 20.9 Å².